The second kappa shape index (κ2) is 5.57. The van der Waals surface area contributed by atoms with E-state index in [-0.39, 0.29) is 17.3 Å². The third-order valence-corrected chi connectivity index (χ3v) is 4.63. The van der Waals surface area contributed by atoms with Gasteiger partial charge in [0, 0.05) is 32.7 Å². The topological polar surface area (TPSA) is 106 Å². The van der Waals surface area contributed by atoms with Gasteiger partial charge in [0.1, 0.15) is 5.82 Å². The molecule has 8 nitrogen and oxygen atoms in total. The molecule has 9 heteroatoms. The van der Waals surface area contributed by atoms with Gasteiger partial charge in [0.2, 0.25) is 0 Å². The molecule has 3 N–H and O–H groups in total. The van der Waals surface area contributed by atoms with Crippen LogP contribution in [0.2, 0.25) is 0 Å². The minimum atomic E-state index is -3.75. The van der Waals surface area contributed by atoms with Crippen molar-refractivity contribution in [3.63, 3.8) is 0 Å². The molecule has 108 valence electrons. The van der Waals surface area contributed by atoms with Gasteiger partial charge >= 0.3 is 0 Å². The maximum absolute atomic E-state index is 12.5. The van der Waals surface area contributed by atoms with Gasteiger partial charge < -0.3 is 9.99 Å². The van der Waals surface area contributed by atoms with Crippen LogP contribution in [-0.4, -0.2) is 34.3 Å². The molecule has 0 amide bonds. The molecule has 0 aliphatic heterocycles. The van der Waals surface area contributed by atoms with Gasteiger partial charge in [0.05, 0.1) is 12.2 Å². The van der Waals surface area contributed by atoms with Crippen LogP contribution in [0.25, 0.3) is 0 Å². The third kappa shape index (κ3) is 2.64. The maximum atomic E-state index is 12.5. The summed E-state index contributed by atoms with van der Waals surface area (Å²) >= 11 is 0. The van der Waals surface area contributed by atoms with E-state index in [2.05, 4.69) is 15.4 Å². The molecule has 0 unspecified atom stereocenters. The Bertz CT molecular complexity index is 696. The monoisotopic (exact) mass is 296 g/mol. The maximum Gasteiger partial charge on any atom is 0.262 e. The molecule has 20 heavy (non-hydrogen) atoms. The van der Waals surface area contributed by atoms with E-state index < -0.39 is 10.0 Å². The van der Waals surface area contributed by atoms with Crippen LogP contribution in [-0.2, 0) is 23.6 Å². The standard InChI is InChI=1S/C11H16N6O2S/c1-16-7-6-13-10(16)8-17(2)20(18,19)11-9(15-12)4-3-5-14-11/h3-7,15H,8,12H2,1-2H3. The first kappa shape index (κ1) is 14.4. The third-order valence-electron chi connectivity index (χ3n) is 2.87. The van der Waals surface area contributed by atoms with Gasteiger partial charge in [-0.15, -0.1) is 0 Å². The number of aryl methyl sites for hydroxylation is 1. The first-order valence-corrected chi connectivity index (χ1v) is 7.25. The van der Waals surface area contributed by atoms with Crippen LogP contribution in [0.5, 0.6) is 0 Å². The van der Waals surface area contributed by atoms with Gasteiger partial charge in [0.15, 0.2) is 5.03 Å². The minimum Gasteiger partial charge on any atom is -0.337 e. The fourth-order valence-corrected chi connectivity index (χ4v) is 2.87. The molecule has 0 spiro atoms. The average molecular weight is 296 g/mol. The number of nitrogens with two attached hydrogens (primary N) is 1. The van der Waals surface area contributed by atoms with E-state index in [4.69, 9.17) is 5.84 Å². The fraction of sp³-hybridized carbons (Fsp3) is 0.273. The van der Waals surface area contributed by atoms with Crippen molar-refractivity contribution in [3.8, 4) is 0 Å². The molecular weight excluding hydrogens is 280 g/mol. The highest BCUT2D eigenvalue weighted by Crippen LogP contribution is 2.21. The van der Waals surface area contributed by atoms with Crippen molar-refractivity contribution in [3.05, 3.63) is 36.5 Å². The summed E-state index contributed by atoms with van der Waals surface area (Å²) in [6.45, 7) is 0.145. The van der Waals surface area contributed by atoms with Crippen molar-refractivity contribution in [1.29, 1.82) is 0 Å². The Labute approximate surface area is 117 Å². The zero-order valence-electron chi connectivity index (χ0n) is 11.2. The summed E-state index contributed by atoms with van der Waals surface area (Å²) in [6, 6.07) is 3.15. The number of imidazole rings is 1. The lowest BCUT2D eigenvalue weighted by molar-refractivity contribution is 0.449. The van der Waals surface area contributed by atoms with Gasteiger partial charge in [-0.3, -0.25) is 5.84 Å². The second-order valence-corrected chi connectivity index (χ2v) is 6.18. The fourth-order valence-electron chi connectivity index (χ4n) is 1.69. The number of nitrogens with zero attached hydrogens (tertiary/aromatic N) is 4. The molecule has 2 aromatic heterocycles. The predicted octanol–water partition coefficient (Wildman–Crippen LogP) is -0.0786. The molecule has 0 aliphatic rings. The van der Waals surface area contributed by atoms with Gasteiger partial charge in [-0.2, -0.15) is 4.31 Å². The van der Waals surface area contributed by atoms with Crippen molar-refractivity contribution in [2.45, 2.75) is 11.6 Å². The molecule has 0 radical (unpaired) electrons. The van der Waals surface area contributed by atoms with E-state index in [9.17, 15) is 8.42 Å². The molecule has 0 saturated heterocycles. The van der Waals surface area contributed by atoms with Crippen LogP contribution < -0.4 is 11.3 Å². The Kier molecular flexibility index (Phi) is 4.02. The van der Waals surface area contributed by atoms with Crippen LogP contribution in [0.15, 0.2) is 35.7 Å². The zero-order valence-corrected chi connectivity index (χ0v) is 12.0. The van der Waals surface area contributed by atoms with E-state index in [1.54, 1.807) is 36.1 Å². The number of hydrazine groups is 1. The summed E-state index contributed by atoms with van der Waals surface area (Å²) < 4.78 is 27.9. The van der Waals surface area contributed by atoms with E-state index in [1.165, 1.54) is 17.5 Å². The van der Waals surface area contributed by atoms with Gasteiger partial charge in [-0.1, -0.05) is 0 Å². The average Bonchev–Trinajstić information content (AvgIpc) is 2.84. The van der Waals surface area contributed by atoms with E-state index >= 15 is 0 Å². The summed E-state index contributed by atoms with van der Waals surface area (Å²) in [5.41, 5.74) is 2.59. The summed E-state index contributed by atoms with van der Waals surface area (Å²) in [4.78, 5) is 8.00. The van der Waals surface area contributed by atoms with Crippen molar-refractivity contribution >= 4 is 15.7 Å². The minimum absolute atomic E-state index is 0.112. The van der Waals surface area contributed by atoms with Crippen molar-refractivity contribution < 1.29 is 8.42 Å². The lowest BCUT2D eigenvalue weighted by Crippen LogP contribution is -2.29. The first-order chi connectivity index (χ1) is 9.46. The van der Waals surface area contributed by atoms with Crippen molar-refractivity contribution in [2.24, 2.45) is 12.9 Å². The summed E-state index contributed by atoms with van der Waals surface area (Å²) in [5, 5.41) is -0.112. The molecule has 2 aromatic rings. The predicted molar refractivity (Wildman–Crippen MR) is 73.9 cm³/mol. The number of rotatable bonds is 5. The summed E-state index contributed by atoms with van der Waals surface area (Å²) in [5.74, 6) is 5.95. The Morgan fingerprint density at radius 2 is 2.15 bits per heavy atom. The lowest BCUT2D eigenvalue weighted by Gasteiger charge is -2.17. The molecule has 0 aliphatic carbocycles. The highest BCUT2D eigenvalue weighted by Gasteiger charge is 2.26. The first-order valence-electron chi connectivity index (χ1n) is 5.81. The Balaban J connectivity index is 2.32. The number of nitrogens with one attached hydrogen (secondary N) is 1. The van der Waals surface area contributed by atoms with Crippen LogP contribution >= 0.6 is 0 Å². The zero-order chi connectivity index (χ0) is 14.8. The number of hydrogen-bond acceptors (Lipinski definition) is 6. The molecule has 0 saturated carbocycles. The molecule has 0 aromatic carbocycles. The Morgan fingerprint density at radius 3 is 2.75 bits per heavy atom. The van der Waals surface area contributed by atoms with Gasteiger partial charge in [0.25, 0.3) is 10.0 Å². The van der Waals surface area contributed by atoms with Crippen molar-refractivity contribution in [1.82, 2.24) is 18.8 Å². The van der Waals surface area contributed by atoms with E-state index in [0.717, 1.165) is 0 Å². The SMILES string of the molecule is CN(Cc1nccn1C)S(=O)(=O)c1ncccc1NN. The lowest BCUT2D eigenvalue weighted by atomic mass is 10.4. The molecule has 0 atom stereocenters. The van der Waals surface area contributed by atoms with Gasteiger partial charge in [-0.25, -0.2) is 18.4 Å². The number of aromatic nitrogens is 3. The smallest absolute Gasteiger partial charge is 0.262 e. The Morgan fingerprint density at radius 1 is 1.40 bits per heavy atom. The quantitative estimate of drug-likeness (QED) is 0.590. The normalized spacial score (nSPS) is 11.8. The van der Waals surface area contributed by atoms with Gasteiger partial charge in [-0.05, 0) is 12.1 Å². The van der Waals surface area contributed by atoms with Crippen molar-refractivity contribution in [2.75, 3.05) is 12.5 Å². The van der Waals surface area contributed by atoms with E-state index in [1.807, 2.05) is 0 Å². The highest BCUT2D eigenvalue weighted by molar-refractivity contribution is 7.89. The van der Waals surface area contributed by atoms with Crippen LogP contribution in [0.4, 0.5) is 5.69 Å². The number of nitrogen functional groups attached to an aromatic ring is 1. The second-order valence-electron chi connectivity index (χ2n) is 4.22. The van der Waals surface area contributed by atoms with Crippen LogP contribution in [0.3, 0.4) is 0 Å². The van der Waals surface area contributed by atoms with Crippen LogP contribution in [0.1, 0.15) is 5.82 Å². The number of pyridine rings is 1. The highest BCUT2D eigenvalue weighted by atomic mass is 32.2. The van der Waals surface area contributed by atoms with Crippen LogP contribution in [0, 0.1) is 0 Å². The summed E-state index contributed by atoms with van der Waals surface area (Å²) in [6.07, 6.45) is 4.77. The molecular formula is C11H16N6O2S. The molecule has 2 rings (SSSR count). The molecule has 0 fully saturated rings. The largest absolute Gasteiger partial charge is 0.337 e. The number of hydrogen-bond donors (Lipinski definition) is 2. The Hall–Kier alpha value is -1.97. The van der Waals surface area contributed by atoms with E-state index in [0.29, 0.717) is 5.82 Å². The number of anilines is 1. The number of sulfonamides is 1. The molecule has 2 heterocycles. The summed E-state index contributed by atoms with van der Waals surface area (Å²) in [7, 11) is -0.475. The molecule has 0 bridgehead atoms.